The molecule has 3 nitrogen and oxygen atoms in total. The van der Waals surface area contributed by atoms with Crippen LogP contribution in [0.15, 0.2) is 18.2 Å². The summed E-state index contributed by atoms with van der Waals surface area (Å²) in [5.74, 6) is 0.804. The normalized spacial score (nSPS) is 12.5. The number of hydrogen-bond donors (Lipinski definition) is 1. The number of pyridine rings is 1. The molecule has 1 aromatic heterocycles. The van der Waals surface area contributed by atoms with Crippen molar-refractivity contribution in [2.45, 2.75) is 25.8 Å². The molecule has 0 aliphatic rings. The molecule has 1 heterocycles. The van der Waals surface area contributed by atoms with Crippen molar-refractivity contribution >= 4 is 17.4 Å². The molecule has 0 aromatic carbocycles. The van der Waals surface area contributed by atoms with E-state index in [2.05, 4.69) is 17.2 Å². The Hall–Kier alpha value is -0.800. The first-order chi connectivity index (χ1) is 7.26. The van der Waals surface area contributed by atoms with Gasteiger partial charge in [0, 0.05) is 7.11 Å². The van der Waals surface area contributed by atoms with Crippen LogP contribution in [0.3, 0.4) is 0 Å². The zero-order valence-corrected chi connectivity index (χ0v) is 9.92. The summed E-state index contributed by atoms with van der Waals surface area (Å²) in [6.07, 6.45) is 2.17. The van der Waals surface area contributed by atoms with Crippen LogP contribution in [0.25, 0.3) is 0 Å². The predicted octanol–water partition coefficient (Wildman–Crippen LogP) is 2.96. The molecular weight excluding hydrogens is 212 g/mol. The molecule has 0 bridgehead atoms. The first-order valence-corrected chi connectivity index (χ1v) is 5.52. The number of anilines is 1. The van der Waals surface area contributed by atoms with Gasteiger partial charge in [-0.15, -0.1) is 0 Å². The molecule has 0 radical (unpaired) electrons. The monoisotopic (exact) mass is 228 g/mol. The third-order valence-corrected chi connectivity index (χ3v) is 2.28. The number of ether oxygens (including phenoxy) is 1. The summed E-state index contributed by atoms with van der Waals surface area (Å²) in [7, 11) is 1.70. The van der Waals surface area contributed by atoms with Crippen molar-refractivity contribution in [3.8, 4) is 0 Å². The molecule has 1 unspecified atom stereocenters. The maximum atomic E-state index is 5.80. The van der Waals surface area contributed by atoms with E-state index in [1.54, 1.807) is 13.2 Å². The lowest BCUT2D eigenvalue weighted by molar-refractivity contribution is 0.182. The van der Waals surface area contributed by atoms with Crippen LogP contribution in [-0.4, -0.2) is 24.7 Å². The van der Waals surface area contributed by atoms with Crippen molar-refractivity contribution in [2.24, 2.45) is 0 Å². The van der Waals surface area contributed by atoms with E-state index in [0.717, 1.165) is 18.7 Å². The van der Waals surface area contributed by atoms with E-state index in [0.29, 0.717) is 17.8 Å². The van der Waals surface area contributed by atoms with Gasteiger partial charge in [0.1, 0.15) is 11.0 Å². The standard InChI is InChI=1S/C11H17ClN2O/c1-3-5-9(8-15-2)13-11-7-4-6-10(12)14-11/h4,6-7,9H,3,5,8H2,1-2H3,(H,13,14). The van der Waals surface area contributed by atoms with E-state index in [-0.39, 0.29) is 0 Å². The fraction of sp³-hybridized carbons (Fsp3) is 0.545. The Balaban J connectivity index is 2.56. The van der Waals surface area contributed by atoms with E-state index >= 15 is 0 Å². The number of methoxy groups -OCH3 is 1. The molecule has 0 fully saturated rings. The second kappa shape index (κ2) is 6.64. The molecule has 1 rings (SSSR count). The molecule has 84 valence electrons. The van der Waals surface area contributed by atoms with Crippen LogP contribution >= 0.6 is 11.6 Å². The van der Waals surface area contributed by atoms with Crippen molar-refractivity contribution in [3.05, 3.63) is 23.4 Å². The predicted molar refractivity (Wildman–Crippen MR) is 63.4 cm³/mol. The SMILES string of the molecule is CCCC(COC)Nc1cccc(Cl)n1. The van der Waals surface area contributed by atoms with Gasteiger partial charge in [0.25, 0.3) is 0 Å². The molecule has 1 atom stereocenters. The fourth-order valence-corrected chi connectivity index (χ4v) is 1.61. The Morgan fingerprint density at radius 2 is 2.33 bits per heavy atom. The van der Waals surface area contributed by atoms with Gasteiger partial charge in [-0.05, 0) is 18.6 Å². The molecule has 0 saturated heterocycles. The molecular formula is C11H17ClN2O. The Morgan fingerprint density at radius 1 is 1.53 bits per heavy atom. The van der Waals surface area contributed by atoms with Gasteiger partial charge in [-0.25, -0.2) is 4.98 Å². The summed E-state index contributed by atoms with van der Waals surface area (Å²) < 4.78 is 5.14. The number of rotatable bonds is 6. The van der Waals surface area contributed by atoms with Crippen molar-refractivity contribution in [1.82, 2.24) is 4.98 Å². The highest BCUT2D eigenvalue weighted by Crippen LogP contribution is 2.12. The molecule has 1 aromatic rings. The molecule has 0 aliphatic heterocycles. The number of nitrogens with one attached hydrogen (secondary N) is 1. The summed E-state index contributed by atoms with van der Waals surface area (Å²) in [4.78, 5) is 4.18. The van der Waals surface area contributed by atoms with Crippen molar-refractivity contribution in [3.63, 3.8) is 0 Å². The van der Waals surface area contributed by atoms with E-state index in [4.69, 9.17) is 16.3 Å². The minimum atomic E-state index is 0.297. The fourth-order valence-electron chi connectivity index (χ4n) is 1.44. The van der Waals surface area contributed by atoms with Crippen LogP contribution in [-0.2, 0) is 4.74 Å². The molecule has 4 heteroatoms. The Morgan fingerprint density at radius 3 is 2.93 bits per heavy atom. The molecule has 0 amide bonds. The Kier molecular flexibility index (Phi) is 5.43. The van der Waals surface area contributed by atoms with Gasteiger partial charge < -0.3 is 10.1 Å². The maximum Gasteiger partial charge on any atom is 0.131 e. The molecule has 0 aliphatic carbocycles. The van der Waals surface area contributed by atoms with Gasteiger partial charge in [0.2, 0.25) is 0 Å². The number of aromatic nitrogens is 1. The molecule has 15 heavy (non-hydrogen) atoms. The zero-order chi connectivity index (χ0) is 11.1. The maximum absolute atomic E-state index is 5.80. The van der Waals surface area contributed by atoms with Crippen LogP contribution in [0.2, 0.25) is 5.15 Å². The lowest BCUT2D eigenvalue weighted by Gasteiger charge is -2.17. The number of nitrogens with zero attached hydrogens (tertiary/aromatic N) is 1. The first-order valence-electron chi connectivity index (χ1n) is 5.14. The summed E-state index contributed by atoms with van der Waals surface area (Å²) in [6, 6.07) is 5.85. The highest BCUT2D eigenvalue weighted by Gasteiger charge is 2.07. The van der Waals surface area contributed by atoms with E-state index in [9.17, 15) is 0 Å². The molecule has 0 saturated carbocycles. The van der Waals surface area contributed by atoms with E-state index < -0.39 is 0 Å². The van der Waals surface area contributed by atoms with Gasteiger partial charge in [-0.2, -0.15) is 0 Å². The smallest absolute Gasteiger partial charge is 0.131 e. The van der Waals surface area contributed by atoms with Gasteiger partial charge in [0.05, 0.1) is 12.6 Å². The average Bonchev–Trinajstić information content (AvgIpc) is 2.18. The van der Waals surface area contributed by atoms with Gasteiger partial charge in [0.15, 0.2) is 0 Å². The van der Waals surface area contributed by atoms with E-state index in [1.165, 1.54) is 0 Å². The second-order valence-electron chi connectivity index (χ2n) is 3.43. The van der Waals surface area contributed by atoms with Crippen LogP contribution in [0.4, 0.5) is 5.82 Å². The van der Waals surface area contributed by atoms with Gasteiger partial charge in [-0.1, -0.05) is 31.0 Å². The summed E-state index contributed by atoms with van der Waals surface area (Å²) >= 11 is 5.80. The minimum absolute atomic E-state index is 0.297. The molecule has 1 N–H and O–H groups in total. The van der Waals surface area contributed by atoms with Crippen molar-refractivity contribution in [1.29, 1.82) is 0 Å². The quantitative estimate of drug-likeness (QED) is 0.761. The Bertz CT molecular complexity index is 288. The van der Waals surface area contributed by atoms with Crippen LogP contribution in [0, 0.1) is 0 Å². The summed E-state index contributed by atoms with van der Waals surface area (Å²) in [6.45, 7) is 2.83. The summed E-state index contributed by atoms with van der Waals surface area (Å²) in [5, 5.41) is 3.81. The lowest BCUT2D eigenvalue weighted by Crippen LogP contribution is -2.25. The van der Waals surface area contributed by atoms with Gasteiger partial charge >= 0.3 is 0 Å². The largest absolute Gasteiger partial charge is 0.383 e. The van der Waals surface area contributed by atoms with E-state index in [1.807, 2.05) is 12.1 Å². The van der Waals surface area contributed by atoms with Crippen LogP contribution in [0.5, 0.6) is 0 Å². The minimum Gasteiger partial charge on any atom is -0.383 e. The highest BCUT2D eigenvalue weighted by atomic mass is 35.5. The van der Waals surface area contributed by atoms with Crippen LogP contribution < -0.4 is 5.32 Å². The average molecular weight is 229 g/mol. The lowest BCUT2D eigenvalue weighted by atomic mass is 10.2. The first kappa shape index (κ1) is 12.3. The van der Waals surface area contributed by atoms with Gasteiger partial charge in [-0.3, -0.25) is 0 Å². The van der Waals surface area contributed by atoms with Crippen molar-refractivity contribution in [2.75, 3.05) is 19.0 Å². The second-order valence-corrected chi connectivity index (χ2v) is 3.82. The highest BCUT2D eigenvalue weighted by molar-refractivity contribution is 6.29. The summed E-state index contributed by atoms with van der Waals surface area (Å²) in [5.41, 5.74) is 0. The number of hydrogen-bond acceptors (Lipinski definition) is 3. The topological polar surface area (TPSA) is 34.1 Å². The van der Waals surface area contributed by atoms with Crippen LogP contribution in [0.1, 0.15) is 19.8 Å². The zero-order valence-electron chi connectivity index (χ0n) is 9.16. The number of halogens is 1. The Labute approximate surface area is 95.8 Å². The molecule has 0 spiro atoms. The third-order valence-electron chi connectivity index (χ3n) is 2.07. The third kappa shape index (κ3) is 4.49. The van der Waals surface area contributed by atoms with Crippen molar-refractivity contribution < 1.29 is 4.74 Å².